The number of amides is 2. The van der Waals surface area contributed by atoms with Crippen LogP contribution >= 0.6 is 11.5 Å². The maximum Gasteiger partial charge on any atom is 0.362 e. The smallest absolute Gasteiger partial charge is 0.362 e. The van der Waals surface area contributed by atoms with Gasteiger partial charge in [0.25, 0.3) is 17.9 Å². The van der Waals surface area contributed by atoms with Gasteiger partial charge in [0.15, 0.2) is 5.13 Å². The third-order valence-corrected chi connectivity index (χ3v) is 8.63. The second-order valence-corrected chi connectivity index (χ2v) is 12.5. The number of hydrogen-bond acceptors (Lipinski definition) is 16. The summed E-state index contributed by atoms with van der Waals surface area (Å²) in [6.45, 7) is 0.904. The highest BCUT2D eigenvalue weighted by Gasteiger charge is 2.54. The molecule has 2 amide bonds. The van der Waals surface area contributed by atoms with Gasteiger partial charge in [0.1, 0.15) is 36.9 Å². The van der Waals surface area contributed by atoms with Crippen molar-refractivity contribution in [2.75, 3.05) is 25.4 Å². The number of aromatic nitrogens is 5. The minimum absolute atomic E-state index is 0.0742. The van der Waals surface area contributed by atoms with Gasteiger partial charge in [-0.05, 0) is 50.2 Å². The molecule has 5 rings (SSSR count). The highest BCUT2D eigenvalue weighted by atomic mass is 32.2. The zero-order chi connectivity index (χ0) is 34.4. The quantitative estimate of drug-likeness (QED) is 0.0335. The van der Waals surface area contributed by atoms with E-state index in [4.69, 9.17) is 21.0 Å². The minimum Gasteiger partial charge on any atom is -0.489 e. The molecule has 2 aliphatic heterocycles. The van der Waals surface area contributed by atoms with Gasteiger partial charge < -0.3 is 36.8 Å². The molecule has 23 heteroatoms. The van der Waals surface area contributed by atoms with E-state index < -0.39 is 58.6 Å². The number of nitrogen functional groups attached to an aromatic ring is 1. The van der Waals surface area contributed by atoms with Crippen molar-refractivity contribution in [1.29, 1.82) is 0 Å². The van der Waals surface area contributed by atoms with E-state index in [1.54, 1.807) is 24.3 Å². The molecule has 0 unspecified atom stereocenters. The number of aliphatic imine (C=N–C) groups is 1. The summed E-state index contributed by atoms with van der Waals surface area (Å²) in [5.41, 5.74) is 11.8. The number of benzene rings is 1. The number of carbonyl (C=O) groups excluding carboxylic acids is 2. The van der Waals surface area contributed by atoms with Gasteiger partial charge in [-0.3, -0.25) is 23.8 Å². The van der Waals surface area contributed by atoms with E-state index in [-0.39, 0.29) is 33.6 Å². The molecule has 3 atom stereocenters. The number of ether oxygens (including phenoxy) is 1. The molecule has 0 aliphatic carbocycles. The summed E-state index contributed by atoms with van der Waals surface area (Å²) in [5.74, 6) is -3.52. The standard InChI is InChI=1S/C25H30N12O9S2/c26-20(31-14-5-7-28-8-6-14)13-1-3-15(4-2-13)45-10-17(24(40)41)46-34-19(21-33-25(27)47-35-21)22(38)32-18-16(9-36-12-29-11-30-36)37(23(18)39)48(42,43)44/h1-4,11-12,14,16-18,28H,5-10H2,(H2,26,31)(H,32,38)(H,40,41)(H2,27,33,35)(H,42,43,44)/t16-,17-,18-/m0/s1. The number of nitrogens with zero attached hydrogens (tertiary/aromatic N) is 8. The lowest BCUT2D eigenvalue weighted by Gasteiger charge is -2.43. The van der Waals surface area contributed by atoms with Crippen LogP contribution in [0.15, 0.2) is 47.1 Å². The highest BCUT2D eigenvalue weighted by Crippen LogP contribution is 2.25. The maximum atomic E-state index is 13.3. The number of oxime groups is 1. The van der Waals surface area contributed by atoms with Crippen molar-refractivity contribution in [3.63, 3.8) is 0 Å². The van der Waals surface area contributed by atoms with Crippen LogP contribution in [0.2, 0.25) is 0 Å². The lowest BCUT2D eigenvalue weighted by atomic mass is 9.98. The highest BCUT2D eigenvalue weighted by molar-refractivity contribution is 7.84. The van der Waals surface area contributed by atoms with Crippen molar-refractivity contribution in [1.82, 2.24) is 39.1 Å². The normalized spacial score (nSPS) is 19.8. The Morgan fingerprint density at radius 2 is 1.96 bits per heavy atom. The molecule has 2 saturated heterocycles. The van der Waals surface area contributed by atoms with Crippen molar-refractivity contribution in [2.45, 2.75) is 43.6 Å². The Morgan fingerprint density at radius 1 is 1.23 bits per heavy atom. The molecule has 1 aromatic carbocycles. The molecule has 2 aromatic heterocycles. The first-order valence-electron chi connectivity index (χ1n) is 14.2. The van der Waals surface area contributed by atoms with Gasteiger partial charge in [0, 0.05) is 17.1 Å². The van der Waals surface area contributed by atoms with Crippen LogP contribution in [0.3, 0.4) is 0 Å². The van der Waals surface area contributed by atoms with Gasteiger partial charge in [-0.25, -0.2) is 14.1 Å². The average molecular weight is 707 g/mol. The number of nitrogens with one attached hydrogen (secondary N) is 2. The predicted molar refractivity (Wildman–Crippen MR) is 166 cm³/mol. The lowest BCUT2D eigenvalue weighted by molar-refractivity contribution is -0.152. The van der Waals surface area contributed by atoms with Crippen molar-refractivity contribution in [3.8, 4) is 5.75 Å². The third-order valence-electron chi connectivity index (χ3n) is 7.14. The van der Waals surface area contributed by atoms with Gasteiger partial charge in [-0.2, -0.15) is 22.9 Å². The number of amidine groups is 1. The summed E-state index contributed by atoms with van der Waals surface area (Å²) in [7, 11) is -5.00. The fourth-order valence-electron chi connectivity index (χ4n) is 4.75. The van der Waals surface area contributed by atoms with Crippen LogP contribution in [-0.2, 0) is 36.1 Å². The molecule has 0 spiro atoms. The molecule has 4 heterocycles. The van der Waals surface area contributed by atoms with Crippen LogP contribution < -0.4 is 26.8 Å². The molecule has 3 aromatic rings. The van der Waals surface area contributed by atoms with Gasteiger partial charge in [-0.1, -0.05) is 5.16 Å². The Balaban J connectivity index is 1.27. The van der Waals surface area contributed by atoms with Crippen LogP contribution in [-0.4, -0.2) is 120 Å². The molecular formula is C25H30N12O9S2. The van der Waals surface area contributed by atoms with Gasteiger partial charge in [0.2, 0.25) is 11.5 Å². The van der Waals surface area contributed by atoms with Crippen LogP contribution in [0.5, 0.6) is 5.75 Å². The topological polar surface area (TPSA) is 305 Å². The Bertz CT molecular complexity index is 1790. The van der Waals surface area contributed by atoms with Crippen molar-refractivity contribution in [3.05, 3.63) is 48.3 Å². The zero-order valence-electron chi connectivity index (χ0n) is 24.8. The Hall–Kier alpha value is -5.26. The van der Waals surface area contributed by atoms with Crippen LogP contribution in [0, 0.1) is 0 Å². The summed E-state index contributed by atoms with van der Waals surface area (Å²) in [6.07, 6.45) is 2.41. The Morgan fingerprint density at radius 3 is 2.56 bits per heavy atom. The lowest BCUT2D eigenvalue weighted by Crippen LogP contribution is -2.73. The Labute approximate surface area is 276 Å². The fourth-order valence-corrected chi connectivity index (χ4v) is 6.05. The Kier molecular flexibility index (Phi) is 10.4. The van der Waals surface area contributed by atoms with Crippen molar-refractivity contribution in [2.24, 2.45) is 15.9 Å². The number of anilines is 1. The monoisotopic (exact) mass is 706 g/mol. The summed E-state index contributed by atoms with van der Waals surface area (Å²) < 4.78 is 44.0. The first-order valence-corrected chi connectivity index (χ1v) is 16.3. The van der Waals surface area contributed by atoms with E-state index in [1.807, 2.05) is 0 Å². The maximum absolute atomic E-state index is 13.3. The van der Waals surface area contributed by atoms with Crippen molar-refractivity contribution < 1.29 is 42.0 Å². The second-order valence-electron chi connectivity index (χ2n) is 10.4. The van der Waals surface area contributed by atoms with E-state index in [9.17, 15) is 32.5 Å². The molecule has 0 saturated carbocycles. The minimum atomic E-state index is -5.00. The van der Waals surface area contributed by atoms with E-state index >= 15 is 0 Å². The summed E-state index contributed by atoms with van der Waals surface area (Å²) in [5, 5.41) is 22.7. The van der Waals surface area contributed by atoms with E-state index in [0.29, 0.717) is 22.9 Å². The number of rotatable bonds is 14. The van der Waals surface area contributed by atoms with Crippen molar-refractivity contribution >= 4 is 56.3 Å². The number of piperidine rings is 1. The number of hydrogen-bond donors (Lipinski definition) is 6. The number of nitrogens with two attached hydrogens (primary N) is 2. The molecule has 8 N–H and O–H groups in total. The summed E-state index contributed by atoms with van der Waals surface area (Å²) in [4.78, 5) is 55.3. The number of carbonyl (C=O) groups is 3. The summed E-state index contributed by atoms with van der Waals surface area (Å²) >= 11 is 0.690. The molecule has 2 aliphatic rings. The first-order chi connectivity index (χ1) is 22.9. The third kappa shape index (κ3) is 8.17. The molecular weight excluding hydrogens is 676 g/mol. The number of carboxylic acid groups (broad SMARTS) is 1. The summed E-state index contributed by atoms with van der Waals surface area (Å²) in [6, 6.07) is 3.81. The molecule has 21 nitrogen and oxygen atoms in total. The van der Waals surface area contributed by atoms with E-state index in [1.165, 1.54) is 11.0 Å². The predicted octanol–water partition coefficient (Wildman–Crippen LogP) is -2.38. The molecule has 0 bridgehead atoms. The van der Waals surface area contributed by atoms with Gasteiger partial charge >= 0.3 is 16.3 Å². The van der Waals surface area contributed by atoms with Crippen LogP contribution in [0.1, 0.15) is 24.2 Å². The van der Waals surface area contributed by atoms with Gasteiger partial charge in [0.05, 0.1) is 18.6 Å². The fraction of sp³-hybridized carbons (Fsp3) is 0.400. The number of aliphatic carboxylic acids is 1. The van der Waals surface area contributed by atoms with Crippen LogP contribution in [0.25, 0.3) is 0 Å². The van der Waals surface area contributed by atoms with Crippen LogP contribution in [0.4, 0.5) is 5.13 Å². The van der Waals surface area contributed by atoms with E-state index in [2.05, 4.69) is 40.2 Å². The molecule has 48 heavy (non-hydrogen) atoms. The SMILES string of the molecule is NC(=NC1CCNCC1)c1ccc(OC[C@H](ON=C(C(=O)N[C@@H]2C(=O)N(S(=O)(=O)O)[C@H]2Cn2cncn2)c2nsc(N)n2)C(=O)O)cc1. The molecule has 0 radical (unpaired) electrons. The average Bonchev–Trinajstić information content (AvgIpc) is 3.73. The zero-order valence-corrected chi connectivity index (χ0v) is 26.5. The second kappa shape index (κ2) is 14.7. The van der Waals surface area contributed by atoms with E-state index in [0.717, 1.165) is 32.3 Å². The largest absolute Gasteiger partial charge is 0.489 e. The molecule has 256 valence electrons. The number of carboxylic acids is 1. The first kappa shape index (κ1) is 34.1. The number of β-lactam (4-membered cyclic amide) rings is 1. The molecule has 2 fully saturated rings. The van der Waals surface area contributed by atoms with Gasteiger partial charge in [-0.15, -0.1) is 0 Å².